The Labute approximate surface area is 118 Å². The molecule has 0 radical (unpaired) electrons. The molecule has 2 rings (SSSR count). The maximum absolute atomic E-state index is 11.8. The minimum atomic E-state index is -1.17. The Morgan fingerprint density at radius 2 is 1.90 bits per heavy atom. The number of carboxylic acids is 1. The number of amides is 2. The van der Waals surface area contributed by atoms with Gasteiger partial charge in [-0.2, -0.15) is 0 Å². The molecule has 3 atom stereocenters. The average Bonchev–Trinajstić information content (AvgIpc) is 3.22. The van der Waals surface area contributed by atoms with Gasteiger partial charge in [0.15, 0.2) is 0 Å². The molecule has 0 saturated heterocycles. The summed E-state index contributed by atoms with van der Waals surface area (Å²) < 4.78 is 0. The van der Waals surface area contributed by atoms with Gasteiger partial charge in [0, 0.05) is 18.9 Å². The molecule has 0 aromatic rings. The van der Waals surface area contributed by atoms with Gasteiger partial charge in [-0.3, -0.25) is 9.59 Å². The van der Waals surface area contributed by atoms with E-state index in [1.807, 2.05) is 6.92 Å². The lowest BCUT2D eigenvalue weighted by atomic mass is 9.96. The summed E-state index contributed by atoms with van der Waals surface area (Å²) in [6.45, 7) is 3.83. The summed E-state index contributed by atoms with van der Waals surface area (Å²) in [5.74, 6) is -0.780. The van der Waals surface area contributed by atoms with Crippen molar-refractivity contribution in [3.8, 4) is 0 Å². The molecule has 0 heterocycles. The summed E-state index contributed by atoms with van der Waals surface area (Å²) in [5, 5.41) is 14.5. The van der Waals surface area contributed by atoms with Gasteiger partial charge in [-0.25, -0.2) is 4.79 Å². The zero-order valence-electron chi connectivity index (χ0n) is 11.9. The lowest BCUT2D eigenvalue weighted by Gasteiger charge is -2.26. The second-order valence-corrected chi connectivity index (χ2v) is 6.19. The van der Waals surface area contributed by atoms with Crippen LogP contribution in [0.3, 0.4) is 0 Å². The number of nitrogens with one attached hydrogen (secondary N) is 2. The first-order valence-electron chi connectivity index (χ1n) is 7.16. The number of hydrogen-bond donors (Lipinski definition) is 3. The second kappa shape index (κ2) is 5.42. The number of carbonyl (C=O) groups is 3. The Kier molecular flexibility index (Phi) is 4.01. The lowest BCUT2D eigenvalue weighted by Crippen LogP contribution is -2.54. The highest BCUT2D eigenvalue weighted by molar-refractivity contribution is 5.88. The van der Waals surface area contributed by atoms with Crippen molar-refractivity contribution in [1.29, 1.82) is 0 Å². The van der Waals surface area contributed by atoms with Crippen LogP contribution in [-0.2, 0) is 14.4 Å². The number of aliphatic carboxylic acids is 1. The van der Waals surface area contributed by atoms with Crippen LogP contribution in [0.4, 0.5) is 0 Å². The van der Waals surface area contributed by atoms with E-state index >= 15 is 0 Å². The zero-order valence-corrected chi connectivity index (χ0v) is 11.9. The molecule has 2 fully saturated rings. The number of carboxylic acid groups (broad SMARTS) is 1. The van der Waals surface area contributed by atoms with Crippen LogP contribution >= 0.6 is 0 Å². The summed E-state index contributed by atoms with van der Waals surface area (Å²) >= 11 is 0. The third-order valence-corrected chi connectivity index (χ3v) is 4.33. The van der Waals surface area contributed by atoms with Crippen LogP contribution in [-0.4, -0.2) is 35.0 Å². The van der Waals surface area contributed by atoms with Crippen molar-refractivity contribution in [2.24, 2.45) is 17.8 Å². The van der Waals surface area contributed by atoms with Crippen molar-refractivity contribution >= 4 is 17.8 Å². The van der Waals surface area contributed by atoms with E-state index in [4.69, 9.17) is 0 Å². The van der Waals surface area contributed by atoms with Crippen LogP contribution in [0.15, 0.2) is 0 Å². The van der Waals surface area contributed by atoms with Gasteiger partial charge in [-0.15, -0.1) is 0 Å². The molecule has 0 aromatic carbocycles. The fraction of sp³-hybridized carbons (Fsp3) is 0.786. The minimum Gasteiger partial charge on any atom is -0.480 e. The Hall–Kier alpha value is -1.59. The van der Waals surface area contributed by atoms with Gasteiger partial charge in [0.2, 0.25) is 11.8 Å². The molecule has 3 unspecified atom stereocenters. The number of hydrogen-bond acceptors (Lipinski definition) is 3. The molecule has 2 saturated carbocycles. The lowest BCUT2D eigenvalue weighted by molar-refractivity contribution is -0.148. The van der Waals surface area contributed by atoms with Crippen LogP contribution < -0.4 is 10.6 Å². The van der Waals surface area contributed by atoms with Crippen molar-refractivity contribution in [2.45, 2.75) is 45.1 Å². The van der Waals surface area contributed by atoms with Crippen molar-refractivity contribution < 1.29 is 19.5 Å². The van der Waals surface area contributed by atoms with Crippen molar-refractivity contribution in [3.63, 3.8) is 0 Å². The molecule has 0 spiro atoms. The predicted octanol–water partition coefficient (Wildman–Crippen LogP) is 0.518. The van der Waals surface area contributed by atoms with Crippen molar-refractivity contribution in [3.05, 3.63) is 0 Å². The highest BCUT2D eigenvalue weighted by Gasteiger charge is 2.48. The molecule has 6 heteroatoms. The maximum Gasteiger partial charge on any atom is 0.329 e. The number of rotatable bonds is 7. The van der Waals surface area contributed by atoms with E-state index in [9.17, 15) is 19.5 Å². The van der Waals surface area contributed by atoms with E-state index in [0.29, 0.717) is 5.92 Å². The van der Waals surface area contributed by atoms with E-state index in [2.05, 4.69) is 10.6 Å². The van der Waals surface area contributed by atoms with Crippen LogP contribution in [0.5, 0.6) is 0 Å². The predicted molar refractivity (Wildman–Crippen MR) is 71.8 cm³/mol. The summed E-state index contributed by atoms with van der Waals surface area (Å²) in [6, 6.07) is 0. The number of carbonyl (C=O) groups excluding carboxylic acids is 2. The van der Waals surface area contributed by atoms with E-state index in [0.717, 1.165) is 19.3 Å². The van der Waals surface area contributed by atoms with Gasteiger partial charge in [-0.1, -0.05) is 6.92 Å². The largest absolute Gasteiger partial charge is 0.480 e. The topological polar surface area (TPSA) is 95.5 Å². The quantitative estimate of drug-likeness (QED) is 0.634. The summed E-state index contributed by atoms with van der Waals surface area (Å²) in [7, 11) is 0. The summed E-state index contributed by atoms with van der Waals surface area (Å²) in [5.41, 5.74) is -1.17. The standard InChI is InChI=1S/C14H22N2O4/c1-8-7-10(8)12(18)15-6-5-11(17)16-14(2,13(19)20)9-3-4-9/h8-10H,3-7H2,1-2H3,(H,15,18)(H,16,17)(H,19,20). The summed E-state index contributed by atoms with van der Waals surface area (Å²) in [6.07, 6.45) is 2.69. The molecule has 0 aliphatic heterocycles. The van der Waals surface area contributed by atoms with Crippen LogP contribution in [0, 0.1) is 17.8 Å². The molecule has 0 bridgehead atoms. The monoisotopic (exact) mass is 282 g/mol. The molecular formula is C14H22N2O4. The molecule has 6 nitrogen and oxygen atoms in total. The highest BCUT2D eigenvalue weighted by Crippen LogP contribution is 2.39. The molecule has 2 amide bonds. The zero-order chi connectivity index (χ0) is 14.9. The van der Waals surface area contributed by atoms with Gasteiger partial charge in [0.05, 0.1) is 0 Å². The normalized spacial score (nSPS) is 27.3. The Morgan fingerprint density at radius 3 is 2.35 bits per heavy atom. The third kappa shape index (κ3) is 3.29. The molecular weight excluding hydrogens is 260 g/mol. The first kappa shape index (κ1) is 14.8. The Bertz CT molecular complexity index is 433. The van der Waals surface area contributed by atoms with Crippen LogP contribution in [0.1, 0.15) is 39.5 Å². The first-order valence-corrected chi connectivity index (χ1v) is 7.16. The van der Waals surface area contributed by atoms with Gasteiger partial charge in [0.25, 0.3) is 0 Å². The van der Waals surface area contributed by atoms with E-state index in [-0.39, 0.29) is 36.6 Å². The van der Waals surface area contributed by atoms with Crippen LogP contribution in [0.2, 0.25) is 0 Å². The van der Waals surface area contributed by atoms with Gasteiger partial charge >= 0.3 is 5.97 Å². The SMILES string of the molecule is CC1CC1C(=O)NCCC(=O)NC(C)(C(=O)O)C1CC1. The highest BCUT2D eigenvalue weighted by atomic mass is 16.4. The smallest absolute Gasteiger partial charge is 0.329 e. The Morgan fingerprint density at radius 1 is 1.30 bits per heavy atom. The average molecular weight is 282 g/mol. The van der Waals surface area contributed by atoms with E-state index < -0.39 is 11.5 Å². The molecule has 112 valence electrons. The van der Waals surface area contributed by atoms with Gasteiger partial charge < -0.3 is 15.7 Å². The fourth-order valence-corrected chi connectivity index (χ4v) is 2.46. The molecule has 2 aliphatic carbocycles. The maximum atomic E-state index is 11.8. The van der Waals surface area contributed by atoms with Gasteiger partial charge in [0.1, 0.15) is 5.54 Å². The van der Waals surface area contributed by atoms with Crippen molar-refractivity contribution in [1.82, 2.24) is 10.6 Å². The van der Waals surface area contributed by atoms with Crippen molar-refractivity contribution in [2.75, 3.05) is 6.54 Å². The summed E-state index contributed by atoms with van der Waals surface area (Å²) in [4.78, 5) is 34.6. The second-order valence-electron chi connectivity index (χ2n) is 6.19. The van der Waals surface area contributed by atoms with E-state index in [1.165, 1.54) is 0 Å². The molecule has 20 heavy (non-hydrogen) atoms. The first-order chi connectivity index (χ1) is 9.34. The van der Waals surface area contributed by atoms with Crippen LogP contribution in [0.25, 0.3) is 0 Å². The molecule has 3 N–H and O–H groups in total. The van der Waals surface area contributed by atoms with E-state index in [1.54, 1.807) is 6.92 Å². The fourth-order valence-electron chi connectivity index (χ4n) is 2.46. The molecule has 0 aromatic heterocycles. The van der Waals surface area contributed by atoms with Gasteiger partial charge in [-0.05, 0) is 38.0 Å². The molecule has 2 aliphatic rings. The third-order valence-electron chi connectivity index (χ3n) is 4.33. The minimum absolute atomic E-state index is 0.00603. The Balaban J connectivity index is 1.72.